The van der Waals surface area contributed by atoms with Crippen molar-refractivity contribution in [1.29, 1.82) is 0 Å². The Morgan fingerprint density at radius 3 is 2.12 bits per heavy atom. The SMILES string of the molecule is COc1ccc(S(=O)(=O)N(CC(=O)NC(C)CCc2ccccc2)c2ccccc2)cc1. The van der Waals surface area contributed by atoms with Crippen molar-refractivity contribution in [3.05, 3.63) is 90.5 Å². The van der Waals surface area contributed by atoms with E-state index in [9.17, 15) is 13.2 Å². The van der Waals surface area contributed by atoms with Crippen molar-refractivity contribution < 1.29 is 17.9 Å². The fraction of sp³-hybridized carbons (Fsp3) is 0.240. The third-order valence-corrected chi connectivity index (χ3v) is 6.88. The van der Waals surface area contributed by atoms with Crippen LogP contribution in [0.1, 0.15) is 18.9 Å². The maximum Gasteiger partial charge on any atom is 0.264 e. The van der Waals surface area contributed by atoms with E-state index in [-0.39, 0.29) is 23.4 Å². The third kappa shape index (κ3) is 6.11. The van der Waals surface area contributed by atoms with Gasteiger partial charge in [-0.1, -0.05) is 48.5 Å². The van der Waals surface area contributed by atoms with E-state index in [1.54, 1.807) is 42.5 Å². The molecule has 6 nitrogen and oxygen atoms in total. The average molecular weight is 453 g/mol. The van der Waals surface area contributed by atoms with Crippen molar-refractivity contribution in [1.82, 2.24) is 5.32 Å². The number of nitrogens with one attached hydrogen (secondary N) is 1. The van der Waals surface area contributed by atoms with Gasteiger partial charge < -0.3 is 10.1 Å². The summed E-state index contributed by atoms with van der Waals surface area (Å²) in [6.45, 7) is 1.61. The Kier molecular flexibility index (Phi) is 7.89. The van der Waals surface area contributed by atoms with Gasteiger partial charge in [-0.25, -0.2) is 8.42 Å². The Balaban J connectivity index is 1.73. The molecule has 168 valence electrons. The van der Waals surface area contributed by atoms with Crippen molar-refractivity contribution in [2.75, 3.05) is 18.0 Å². The standard InChI is InChI=1S/C25H28N2O4S/c1-20(13-14-21-9-5-3-6-10-21)26-25(28)19-27(22-11-7-4-8-12-22)32(29,30)24-17-15-23(31-2)16-18-24/h3-12,15-18,20H,13-14,19H2,1-2H3,(H,26,28). The Morgan fingerprint density at radius 2 is 1.53 bits per heavy atom. The number of aryl methyl sites for hydroxylation is 1. The van der Waals surface area contributed by atoms with E-state index in [0.29, 0.717) is 11.4 Å². The van der Waals surface area contributed by atoms with Crippen molar-refractivity contribution in [2.24, 2.45) is 0 Å². The number of methoxy groups -OCH3 is 1. The minimum atomic E-state index is -3.95. The summed E-state index contributed by atoms with van der Waals surface area (Å²) in [6.07, 6.45) is 1.58. The number of para-hydroxylation sites is 1. The van der Waals surface area contributed by atoms with Crippen LogP contribution in [0.3, 0.4) is 0 Å². The molecule has 1 amide bonds. The van der Waals surface area contributed by atoms with Gasteiger partial charge in [-0.2, -0.15) is 0 Å². The fourth-order valence-electron chi connectivity index (χ4n) is 3.34. The van der Waals surface area contributed by atoms with Crippen molar-refractivity contribution in [3.8, 4) is 5.75 Å². The molecule has 3 rings (SSSR count). The summed E-state index contributed by atoms with van der Waals surface area (Å²) in [5, 5.41) is 2.93. The first kappa shape index (κ1) is 23.3. The first-order valence-corrected chi connectivity index (χ1v) is 11.9. The summed E-state index contributed by atoms with van der Waals surface area (Å²) >= 11 is 0. The second kappa shape index (κ2) is 10.8. The molecule has 1 unspecified atom stereocenters. The maximum absolute atomic E-state index is 13.4. The van der Waals surface area contributed by atoms with Crippen LogP contribution >= 0.6 is 0 Å². The number of sulfonamides is 1. The summed E-state index contributed by atoms with van der Waals surface area (Å²) in [5.41, 5.74) is 1.62. The number of rotatable bonds is 10. The Hall–Kier alpha value is -3.32. The molecule has 0 aliphatic rings. The lowest BCUT2D eigenvalue weighted by Crippen LogP contribution is -2.43. The normalized spacial score (nSPS) is 12.1. The summed E-state index contributed by atoms with van der Waals surface area (Å²) in [4.78, 5) is 12.9. The van der Waals surface area contributed by atoms with Gasteiger partial charge in [-0.3, -0.25) is 9.10 Å². The summed E-state index contributed by atoms with van der Waals surface area (Å²) in [5.74, 6) is 0.201. The molecule has 0 fully saturated rings. The quantitative estimate of drug-likeness (QED) is 0.504. The monoisotopic (exact) mass is 452 g/mol. The lowest BCUT2D eigenvalue weighted by molar-refractivity contribution is -0.120. The topological polar surface area (TPSA) is 75.7 Å². The molecule has 0 saturated carbocycles. The largest absolute Gasteiger partial charge is 0.497 e. The van der Waals surface area contributed by atoms with E-state index in [4.69, 9.17) is 4.74 Å². The van der Waals surface area contributed by atoms with E-state index >= 15 is 0 Å². The summed E-state index contributed by atoms with van der Waals surface area (Å²) in [7, 11) is -2.43. The molecule has 0 aliphatic heterocycles. The Labute approximate surface area is 189 Å². The summed E-state index contributed by atoms with van der Waals surface area (Å²) in [6, 6.07) is 24.7. The zero-order valence-electron chi connectivity index (χ0n) is 18.3. The van der Waals surface area contributed by atoms with Crippen LogP contribution in [0.25, 0.3) is 0 Å². The second-order valence-corrected chi connectivity index (χ2v) is 9.38. The molecule has 0 aromatic heterocycles. The highest BCUT2D eigenvalue weighted by molar-refractivity contribution is 7.92. The number of hydrogen-bond acceptors (Lipinski definition) is 4. The third-order valence-electron chi connectivity index (χ3n) is 5.10. The van der Waals surface area contributed by atoms with Gasteiger partial charge in [-0.15, -0.1) is 0 Å². The first-order valence-electron chi connectivity index (χ1n) is 10.5. The number of benzene rings is 3. The number of carbonyl (C=O) groups excluding carboxylic acids is 1. The molecular weight excluding hydrogens is 424 g/mol. The maximum atomic E-state index is 13.4. The lowest BCUT2D eigenvalue weighted by Gasteiger charge is -2.25. The zero-order chi connectivity index (χ0) is 23.0. The Morgan fingerprint density at radius 1 is 0.938 bits per heavy atom. The van der Waals surface area contributed by atoms with Gasteiger partial charge in [-0.05, 0) is 61.7 Å². The van der Waals surface area contributed by atoms with E-state index in [1.807, 2.05) is 37.3 Å². The van der Waals surface area contributed by atoms with Gasteiger partial charge >= 0.3 is 0 Å². The van der Waals surface area contributed by atoms with E-state index in [1.165, 1.54) is 24.8 Å². The molecule has 0 saturated heterocycles. The van der Waals surface area contributed by atoms with Crippen LogP contribution in [0.5, 0.6) is 5.75 Å². The molecule has 0 heterocycles. The van der Waals surface area contributed by atoms with Crippen LogP contribution in [0.2, 0.25) is 0 Å². The predicted octanol–water partition coefficient (Wildman–Crippen LogP) is 4.03. The number of nitrogens with zero attached hydrogens (tertiary/aromatic N) is 1. The van der Waals surface area contributed by atoms with Crippen molar-refractivity contribution in [3.63, 3.8) is 0 Å². The van der Waals surface area contributed by atoms with E-state index in [2.05, 4.69) is 5.32 Å². The van der Waals surface area contributed by atoms with Crippen LogP contribution in [0, 0.1) is 0 Å². The zero-order valence-corrected chi connectivity index (χ0v) is 19.1. The van der Waals surface area contributed by atoms with E-state index in [0.717, 1.165) is 17.1 Å². The van der Waals surface area contributed by atoms with E-state index < -0.39 is 10.0 Å². The smallest absolute Gasteiger partial charge is 0.264 e. The van der Waals surface area contributed by atoms with Gasteiger partial charge in [0.15, 0.2) is 0 Å². The van der Waals surface area contributed by atoms with Crippen LogP contribution in [-0.2, 0) is 21.2 Å². The molecule has 0 aliphatic carbocycles. The minimum absolute atomic E-state index is 0.0899. The number of carbonyl (C=O) groups is 1. The van der Waals surface area contributed by atoms with Gasteiger partial charge in [0.2, 0.25) is 5.91 Å². The second-order valence-electron chi connectivity index (χ2n) is 7.52. The molecule has 7 heteroatoms. The first-order chi connectivity index (χ1) is 15.4. The Bertz CT molecular complexity index is 1100. The van der Waals surface area contributed by atoms with Crippen molar-refractivity contribution in [2.45, 2.75) is 30.7 Å². The highest BCUT2D eigenvalue weighted by atomic mass is 32.2. The van der Waals surface area contributed by atoms with Crippen LogP contribution in [0.15, 0.2) is 89.8 Å². The molecule has 0 spiro atoms. The number of hydrogen-bond donors (Lipinski definition) is 1. The average Bonchev–Trinajstić information content (AvgIpc) is 2.82. The molecule has 0 bridgehead atoms. The molecule has 32 heavy (non-hydrogen) atoms. The number of ether oxygens (including phenoxy) is 1. The van der Waals surface area contributed by atoms with Gasteiger partial charge in [0.05, 0.1) is 17.7 Å². The van der Waals surface area contributed by atoms with Gasteiger partial charge in [0.25, 0.3) is 10.0 Å². The molecule has 3 aromatic carbocycles. The highest BCUT2D eigenvalue weighted by Crippen LogP contribution is 2.24. The van der Waals surface area contributed by atoms with Crippen molar-refractivity contribution >= 4 is 21.6 Å². The van der Waals surface area contributed by atoms with Gasteiger partial charge in [0.1, 0.15) is 12.3 Å². The number of anilines is 1. The molecule has 1 N–H and O–H groups in total. The summed E-state index contributed by atoms with van der Waals surface area (Å²) < 4.78 is 33.0. The van der Waals surface area contributed by atoms with Crippen LogP contribution < -0.4 is 14.4 Å². The lowest BCUT2D eigenvalue weighted by atomic mass is 10.1. The highest BCUT2D eigenvalue weighted by Gasteiger charge is 2.27. The van der Waals surface area contributed by atoms with Crippen LogP contribution in [-0.4, -0.2) is 34.0 Å². The molecule has 3 aromatic rings. The minimum Gasteiger partial charge on any atom is -0.497 e. The molecular formula is C25H28N2O4S. The van der Waals surface area contributed by atoms with Crippen LogP contribution in [0.4, 0.5) is 5.69 Å². The van der Waals surface area contributed by atoms with Gasteiger partial charge in [0, 0.05) is 6.04 Å². The molecule has 0 radical (unpaired) electrons. The molecule has 1 atom stereocenters. The predicted molar refractivity (Wildman–Crippen MR) is 126 cm³/mol. The fourth-order valence-corrected chi connectivity index (χ4v) is 4.76. The number of amides is 1.